The molecule has 1 aromatic heterocycles. The number of anilines is 1. The van der Waals surface area contributed by atoms with Crippen LogP contribution in [-0.2, 0) is 4.79 Å². The van der Waals surface area contributed by atoms with E-state index in [4.69, 9.17) is 21.1 Å². The van der Waals surface area contributed by atoms with E-state index in [2.05, 4.69) is 10.4 Å². The molecule has 0 radical (unpaired) electrons. The zero-order valence-corrected chi connectivity index (χ0v) is 19.1. The summed E-state index contributed by atoms with van der Waals surface area (Å²) in [6.07, 6.45) is 0. The number of hydrogen-bond acceptors (Lipinski definition) is 6. The van der Waals surface area contributed by atoms with Gasteiger partial charge in [0.05, 0.1) is 25.2 Å². The molecule has 0 bridgehead atoms. The predicted molar refractivity (Wildman–Crippen MR) is 123 cm³/mol. The summed E-state index contributed by atoms with van der Waals surface area (Å²) in [5, 5.41) is 7.85. The number of amides is 1. The molecule has 0 saturated heterocycles. The molecule has 0 aliphatic heterocycles. The first-order valence-electron chi connectivity index (χ1n) is 9.39. The summed E-state index contributed by atoms with van der Waals surface area (Å²) >= 11 is 7.42. The van der Waals surface area contributed by atoms with Gasteiger partial charge in [0.15, 0.2) is 11.5 Å². The van der Waals surface area contributed by atoms with Crippen molar-refractivity contribution in [1.29, 1.82) is 0 Å². The highest BCUT2D eigenvalue weighted by atomic mass is 35.5. The van der Waals surface area contributed by atoms with Crippen molar-refractivity contribution in [2.45, 2.75) is 24.1 Å². The number of rotatable bonds is 7. The number of aryl methyl sites for hydroxylation is 1. The highest BCUT2D eigenvalue weighted by Gasteiger charge is 2.17. The highest BCUT2D eigenvalue weighted by Crippen LogP contribution is 2.30. The Morgan fingerprint density at radius 2 is 1.84 bits per heavy atom. The van der Waals surface area contributed by atoms with Crippen LogP contribution in [0.2, 0.25) is 5.02 Å². The number of ether oxygens (including phenoxy) is 2. The second kappa shape index (κ2) is 9.89. The van der Waals surface area contributed by atoms with Crippen LogP contribution < -0.4 is 20.3 Å². The highest BCUT2D eigenvalue weighted by molar-refractivity contribution is 8.00. The normalized spacial score (nSPS) is 11.6. The van der Waals surface area contributed by atoms with Crippen LogP contribution in [-0.4, -0.2) is 35.2 Å². The van der Waals surface area contributed by atoms with Crippen molar-refractivity contribution in [2.75, 3.05) is 19.5 Å². The average Bonchev–Trinajstić information content (AvgIpc) is 2.76. The van der Waals surface area contributed by atoms with Gasteiger partial charge in [-0.05, 0) is 49.7 Å². The first kappa shape index (κ1) is 22.7. The fraction of sp³-hybridized carbons (Fsp3) is 0.227. The van der Waals surface area contributed by atoms with E-state index >= 15 is 0 Å². The molecule has 3 aromatic rings. The number of aromatic nitrogens is 2. The molecule has 1 amide bonds. The summed E-state index contributed by atoms with van der Waals surface area (Å²) in [6, 6.07) is 13.4. The summed E-state index contributed by atoms with van der Waals surface area (Å²) < 4.78 is 11.7. The van der Waals surface area contributed by atoms with Gasteiger partial charge in [-0.25, -0.2) is 0 Å². The number of carbonyl (C=O) groups is 1. The van der Waals surface area contributed by atoms with Crippen LogP contribution >= 0.6 is 23.4 Å². The average molecular weight is 460 g/mol. The number of hydrogen-bond donors (Lipinski definition) is 1. The second-order valence-corrected chi connectivity index (χ2v) is 8.44. The lowest BCUT2D eigenvalue weighted by atomic mass is 10.2. The summed E-state index contributed by atoms with van der Waals surface area (Å²) in [7, 11) is 3.08. The number of halogens is 1. The lowest BCUT2D eigenvalue weighted by Crippen LogP contribution is -2.24. The molecule has 31 heavy (non-hydrogen) atoms. The molecular weight excluding hydrogens is 438 g/mol. The Kier molecular flexibility index (Phi) is 7.25. The van der Waals surface area contributed by atoms with Gasteiger partial charge in [0.1, 0.15) is 5.03 Å². The number of methoxy groups -OCH3 is 2. The lowest BCUT2D eigenvalue weighted by molar-refractivity contribution is -0.115. The summed E-state index contributed by atoms with van der Waals surface area (Å²) in [4.78, 5) is 24.9. The van der Waals surface area contributed by atoms with Gasteiger partial charge >= 0.3 is 0 Å². The molecular formula is C22H22ClN3O4S. The van der Waals surface area contributed by atoms with Crippen LogP contribution in [0.3, 0.4) is 0 Å². The molecule has 9 heteroatoms. The Labute approximate surface area is 189 Å². The van der Waals surface area contributed by atoms with Gasteiger partial charge in [0.2, 0.25) is 5.91 Å². The van der Waals surface area contributed by atoms with Crippen molar-refractivity contribution in [3.8, 4) is 17.2 Å². The molecule has 162 valence electrons. The minimum absolute atomic E-state index is 0.213. The van der Waals surface area contributed by atoms with Crippen molar-refractivity contribution in [3.63, 3.8) is 0 Å². The molecule has 1 N–H and O–H groups in total. The molecule has 1 atom stereocenters. The first-order chi connectivity index (χ1) is 14.8. The molecule has 1 unspecified atom stereocenters. The van der Waals surface area contributed by atoms with Gasteiger partial charge in [-0.2, -0.15) is 9.78 Å². The van der Waals surface area contributed by atoms with E-state index in [1.54, 1.807) is 50.4 Å². The fourth-order valence-corrected chi connectivity index (χ4v) is 3.73. The van der Waals surface area contributed by atoms with Gasteiger partial charge in [-0.15, -0.1) is 0 Å². The largest absolute Gasteiger partial charge is 0.493 e. The van der Waals surface area contributed by atoms with Crippen LogP contribution in [0.1, 0.15) is 12.5 Å². The molecule has 0 aliphatic rings. The Bertz CT molecular complexity index is 1170. The maximum atomic E-state index is 12.7. The monoisotopic (exact) mass is 459 g/mol. The van der Waals surface area contributed by atoms with Crippen LogP contribution in [0.15, 0.2) is 58.4 Å². The number of nitrogens with zero attached hydrogens (tertiary/aromatic N) is 2. The van der Waals surface area contributed by atoms with Gasteiger partial charge in [0, 0.05) is 22.8 Å². The van der Waals surface area contributed by atoms with Crippen LogP contribution in [0.5, 0.6) is 11.5 Å². The molecule has 7 nitrogen and oxygen atoms in total. The molecule has 0 saturated carbocycles. The topological polar surface area (TPSA) is 82.5 Å². The van der Waals surface area contributed by atoms with Gasteiger partial charge in [0.25, 0.3) is 5.56 Å². The van der Waals surface area contributed by atoms with Gasteiger partial charge < -0.3 is 14.8 Å². The van der Waals surface area contributed by atoms with E-state index in [9.17, 15) is 9.59 Å². The summed E-state index contributed by atoms with van der Waals surface area (Å²) in [6.45, 7) is 3.65. The van der Waals surface area contributed by atoms with Crippen molar-refractivity contribution in [3.05, 3.63) is 69.5 Å². The molecule has 1 heterocycles. The Morgan fingerprint density at radius 3 is 2.52 bits per heavy atom. The molecule has 0 aliphatic carbocycles. The maximum Gasteiger partial charge on any atom is 0.271 e. The number of benzene rings is 2. The molecule has 3 rings (SSSR count). The number of carbonyl (C=O) groups excluding carboxylic acids is 1. The smallest absolute Gasteiger partial charge is 0.271 e. The SMILES string of the molecule is COc1ccc(NC(=O)C(C)Sc2ccc(=O)n(-c3ccc(C)c(Cl)c3)n2)cc1OC. The van der Waals surface area contributed by atoms with Crippen LogP contribution in [0.25, 0.3) is 5.69 Å². The molecule has 0 fully saturated rings. The third-order valence-electron chi connectivity index (χ3n) is 4.49. The van der Waals surface area contributed by atoms with Crippen LogP contribution in [0.4, 0.5) is 5.69 Å². The quantitative estimate of drug-likeness (QED) is 0.529. The molecule has 0 spiro atoms. The minimum atomic E-state index is -0.465. The van der Waals surface area contributed by atoms with Crippen molar-refractivity contribution >= 4 is 35.0 Å². The Hall–Kier alpha value is -2.97. The maximum absolute atomic E-state index is 12.7. The first-order valence-corrected chi connectivity index (χ1v) is 10.6. The Morgan fingerprint density at radius 1 is 1.10 bits per heavy atom. The van der Waals surface area contributed by atoms with Gasteiger partial charge in [-0.1, -0.05) is 29.4 Å². The van der Waals surface area contributed by atoms with Gasteiger partial charge in [-0.3, -0.25) is 9.59 Å². The van der Waals surface area contributed by atoms with E-state index in [1.165, 1.54) is 29.6 Å². The number of nitrogens with one attached hydrogen (secondary N) is 1. The van der Waals surface area contributed by atoms with E-state index in [0.717, 1.165) is 5.56 Å². The van der Waals surface area contributed by atoms with E-state index in [1.807, 2.05) is 13.0 Å². The summed E-state index contributed by atoms with van der Waals surface area (Å²) in [5.74, 6) is 0.881. The predicted octanol–water partition coefficient (Wildman–Crippen LogP) is 4.33. The molecule has 2 aromatic carbocycles. The summed E-state index contributed by atoms with van der Waals surface area (Å²) in [5.41, 5.74) is 1.77. The minimum Gasteiger partial charge on any atom is -0.493 e. The van der Waals surface area contributed by atoms with Crippen molar-refractivity contribution < 1.29 is 14.3 Å². The third-order valence-corrected chi connectivity index (χ3v) is 5.93. The van der Waals surface area contributed by atoms with E-state index in [-0.39, 0.29) is 11.5 Å². The third kappa shape index (κ3) is 5.39. The van der Waals surface area contributed by atoms with Crippen molar-refractivity contribution in [1.82, 2.24) is 9.78 Å². The van der Waals surface area contributed by atoms with E-state index in [0.29, 0.717) is 32.9 Å². The lowest BCUT2D eigenvalue weighted by Gasteiger charge is -2.14. The standard InChI is InChI=1S/C22H22ClN3O4S/c1-13-5-7-16(12-17(13)23)26-21(27)10-9-20(25-26)31-14(2)22(28)24-15-6-8-18(29-3)19(11-15)30-4/h5-12,14H,1-4H3,(H,24,28). The number of thioether (sulfide) groups is 1. The zero-order chi connectivity index (χ0) is 22.5. The fourth-order valence-electron chi connectivity index (χ4n) is 2.75. The second-order valence-electron chi connectivity index (χ2n) is 6.67. The van der Waals surface area contributed by atoms with E-state index < -0.39 is 5.25 Å². The van der Waals surface area contributed by atoms with Crippen LogP contribution in [0, 0.1) is 6.92 Å². The van der Waals surface area contributed by atoms with Crippen molar-refractivity contribution in [2.24, 2.45) is 0 Å². The Balaban J connectivity index is 1.75. The zero-order valence-electron chi connectivity index (χ0n) is 17.5.